The van der Waals surface area contributed by atoms with Crippen molar-refractivity contribution in [2.45, 2.75) is 37.1 Å². The summed E-state index contributed by atoms with van der Waals surface area (Å²) < 4.78 is 23.3. The summed E-state index contributed by atoms with van der Waals surface area (Å²) in [6.45, 7) is 0. The summed E-state index contributed by atoms with van der Waals surface area (Å²) in [6.07, 6.45) is 9.03. The third-order valence-corrected chi connectivity index (χ3v) is 10.4. The summed E-state index contributed by atoms with van der Waals surface area (Å²) >= 11 is 0. The van der Waals surface area contributed by atoms with E-state index >= 15 is 4.39 Å². The first-order chi connectivity index (χ1) is 11.2. The minimum absolute atomic E-state index is 0.188. The van der Waals surface area contributed by atoms with Crippen LogP contribution in [0.3, 0.4) is 0 Å². The maximum absolute atomic E-state index is 16.8. The third-order valence-electron chi connectivity index (χ3n) is 10.4. The van der Waals surface area contributed by atoms with Crippen LogP contribution in [0.25, 0.3) is 0 Å². The molecule has 1 heterocycles. The molecule has 9 rings (SSSR count). The van der Waals surface area contributed by atoms with E-state index in [1.54, 1.807) is 0 Å². The summed E-state index contributed by atoms with van der Waals surface area (Å²) in [5, 5.41) is 0. The lowest BCUT2D eigenvalue weighted by Crippen LogP contribution is -2.67. The Hall–Kier alpha value is -0.700. The first-order valence-electron chi connectivity index (χ1n) is 9.72. The molecule has 0 amide bonds. The molecule has 9 aliphatic rings. The van der Waals surface area contributed by atoms with Crippen LogP contribution in [0.5, 0.6) is 0 Å². The highest BCUT2D eigenvalue weighted by Gasteiger charge is 2.94. The Morgan fingerprint density at radius 3 is 2.78 bits per heavy atom. The van der Waals surface area contributed by atoms with Gasteiger partial charge in [-0.3, -0.25) is 0 Å². The van der Waals surface area contributed by atoms with Gasteiger partial charge in [-0.05, 0) is 66.6 Å². The van der Waals surface area contributed by atoms with Gasteiger partial charge < -0.3 is 9.53 Å². The van der Waals surface area contributed by atoms with E-state index in [4.69, 9.17) is 4.74 Å². The molecule has 1 saturated heterocycles. The third kappa shape index (κ3) is 0.773. The fourth-order valence-corrected chi connectivity index (χ4v) is 10.8. The van der Waals surface area contributed by atoms with Crippen molar-refractivity contribution in [3.05, 3.63) is 12.2 Å². The van der Waals surface area contributed by atoms with E-state index < -0.39 is 17.2 Å². The van der Waals surface area contributed by atoms with Crippen molar-refractivity contribution < 1.29 is 13.9 Å². The van der Waals surface area contributed by atoms with E-state index in [-0.39, 0.29) is 17.9 Å². The molecular formula is C20H21FO2. The molecule has 8 aliphatic carbocycles. The Morgan fingerprint density at radius 2 is 1.91 bits per heavy atom. The Labute approximate surface area is 134 Å². The van der Waals surface area contributed by atoms with Crippen molar-refractivity contribution >= 4 is 6.29 Å². The van der Waals surface area contributed by atoms with E-state index in [1.165, 1.54) is 12.7 Å². The van der Waals surface area contributed by atoms with Crippen LogP contribution in [0.4, 0.5) is 4.39 Å². The number of carbonyl (C=O) groups is 1. The number of alkyl halides is 1. The normalized spacial score (nSPS) is 79.2. The number of hydrogen-bond acceptors (Lipinski definition) is 2. The lowest BCUT2D eigenvalue weighted by Gasteiger charge is -2.57. The summed E-state index contributed by atoms with van der Waals surface area (Å²) in [5.41, 5.74) is -1.67. The first-order valence-corrected chi connectivity index (χ1v) is 9.72. The second-order valence-corrected chi connectivity index (χ2v) is 9.98. The molecule has 14 atom stereocenters. The van der Waals surface area contributed by atoms with Gasteiger partial charge in [-0.2, -0.15) is 0 Å². The largest absolute Gasteiger partial charge is 0.370 e. The van der Waals surface area contributed by atoms with Crippen molar-refractivity contribution in [1.29, 1.82) is 0 Å². The molecule has 0 aromatic carbocycles. The smallest absolute Gasteiger partial charge is 0.144 e. The zero-order chi connectivity index (χ0) is 14.9. The van der Waals surface area contributed by atoms with Crippen molar-refractivity contribution in [2.24, 2.45) is 64.6 Å². The Morgan fingerprint density at radius 1 is 1.04 bits per heavy atom. The SMILES string of the molecule is O=C[C@@]12[C@@H]3[C@H]4CC[C@H]5O[C@H]1[C@]1(F)[C@H]([C@@H]45)[C@@H]3[C@@H]3[C@@H]1[C@H]1CC=C[C@H]1[C@@H]32. The van der Waals surface area contributed by atoms with E-state index in [9.17, 15) is 4.79 Å². The van der Waals surface area contributed by atoms with Crippen molar-refractivity contribution in [3.8, 4) is 0 Å². The van der Waals surface area contributed by atoms with Crippen LogP contribution in [0.2, 0.25) is 0 Å². The number of carbonyl (C=O) groups excluding carboxylic acids is 1. The van der Waals surface area contributed by atoms with Gasteiger partial charge >= 0.3 is 0 Å². The van der Waals surface area contributed by atoms with Crippen LogP contribution >= 0.6 is 0 Å². The highest BCUT2D eigenvalue weighted by Crippen LogP contribution is 2.90. The Bertz CT molecular complexity index is 714. The van der Waals surface area contributed by atoms with Gasteiger partial charge in [0.15, 0.2) is 0 Å². The number of rotatable bonds is 1. The van der Waals surface area contributed by atoms with Gasteiger partial charge in [0.2, 0.25) is 0 Å². The lowest BCUT2D eigenvalue weighted by molar-refractivity contribution is -0.251. The molecule has 7 saturated carbocycles. The number of aldehydes is 1. The number of allylic oxidation sites excluding steroid dienone is 2. The highest BCUT2D eigenvalue weighted by molar-refractivity contribution is 5.69. The second kappa shape index (κ2) is 2.98. The number of ether oxygens (including phenoxy) is 1. The molecule has 0 unspecified atom stereocenters. The van der Waals surface area contributed by atoms with Crippen molar-refractivity contribution in [3.63, 3.8) is 0 Å². The van der Waals surface area contributed by atoms with E-state index in [0.29, 0.717) is 47.3 Å². The van der Waals surface area contributed by atoms with Gasteiger partial charge in [0.25, 0.3) is 0 Å². The summed E-state index contributed by atoms with van der Waals surface area (Å²) in [5.74, 6) is 4.21. The van der Waals surface area contributed by atoms with Crippen LogP contribution in [-0.2, 0) is 9.53 Å². The van der Waals surface area contributed by atoms with Crippen LogP contribution in [0, 0.1) is 64.6 Å². The average Bonchev–Trinajstić information content (AvgIpc) is 3.25. The minimum atomic E-state index is -1.19. The molecule has 0 aromatic heterocycles. The molecule has 0 aromatic rings. The standard InChI is InChI=1S/C20H21FO2/c21-20-16-8-3-1-2-7(8)14-12(16)13-15-9-4-5-10(11(9)17(13)20)23-18(20)19(14,15)6-22/h1-2,6-18H,3-5H2/t7-,8+,9+,10-,11+,12+,13-,14+,15-,16+,17-,18-,19-,20-/m1/s1. The molecule has 0 radical (unpaired) electrons. The highest BCUT2D eigenvalue weighted by atomic mass is 19.1. The van der Waals surface area contributed by atoms with Gasteiger partial charge in [0.1, 0.15) is 18.1 Å². The van der Waals surface area contributed by atoms with E-state index in [1.807, 2.05) is 0 Å². The van der Waals surface area contributed by atoms with Crippen LogP contribution in [0.1, 0.15) is 19.3 Å². The Balaban J connectivity index is 1.51. The van der Waals surface area contributed by atoms with Crippen molar-refractivity contribution in [2.75, 3.05) is 0 Å². The molecule has 0 spiro atoms. The van der Waals surface area contributed by atoms with Gasteiger partial charge in [0, 0.05) is 11.8 Å². The summed E-state index contributed by atoms with van der Waals surface area (Å²) in [4.78, 5) is 12.6. The molecule has 9 bridgehead atoms. The van der Waals surface area contributed by atoms with Gasteiger partial charge in [-0.15, -0.1) is 0 Å². The minimum Gasteiger partial charge on any atom is -0.370 e. The first kappa shape index (κ1) is 11.8. The fraction of sp³-hybridized carbons (Fsp3) is 0.850. The maximum Gasteiger partial charge on any atom is 0.144 e. The molecule has 23 heavy (non-hydrogen) atoms. The summed E-state index contributed by atoms with van der Waals surface area (Å²) in [7, 11) is 0. The van der Waals surface area contributed by atoms with Crippen LogP contribution in [0.15, 0.2) is 12.2 Å². The quantitative estimate of drug-likeness (QED) is 0.549. The topological polar surface area (TPSA) is 26.3 Å². The zero-order valence-electron chi connectivity index (χ0n) is 13.0. The molecule has 120 valence electrons. The van der Waals surface area contributed by atoms with Gasteiger partial charge in [0.05, 0.1) is 11.5 Å². The zero-order valence-corrected chi connectivity index (χ0v) is 13.0. The second-order valence-electron chi connectivity index (χ2n) is 9.98. The van der Waals surface area contributed by atoms with E-state index in [0.717, 1.165) is 12.8 Å². The Kier molecular flexibility index (Phi) is 1.53. The molecule has 0 N–H and O–H groups in total. The molecule has 8 fully saturated rings. The fourth-order valence-electron chi connectivity index (χ4n) is 10.8. The average molecular weight is 312 g/mol. The van der Waals surface area contributed by atoms with Gasteiger partial charge in [-0.1, -0.05) is 12.2 Å². The number of fused-ring (bicyclic) bond motifs is 1. The van der Waals surface area contributed by atoms with E-state index in [2.05, 4.69) is 12.2 Å². The van der Waals surface area contributed by atoms with Crippen LogP contribution in [-0.4, -0.2) is 24.2 Å². The summed E-state index contributed by atoms with van der Waals surface area (Å²) in [6, 6.07) is 0. The predicted octanol–water partition coefficient (Wildman–Crippen LogP) is 2.63. The van der Waals surface area contributed by atoms with Gasteiger partial charge in [-0.25, -0.2) is 4.39 Å². The maximum atomic E-state index is 16.8. The molecule has 1 aliphatic heterocycles. The molecule has 2 nitrogen and oxygen atoms in total. The molecular weight excluding hydrogens is 291 g/mol. The number of hydrogen-bond donors (Lipinski definition) is 0. The monoisotopic (exact) mass is 312 g/mol. The number of halogens is 1. The molecule has 3 heteroatoms. The van der Waals surface area contributed by atoms with Crippen LogP contribution < -0.4 is 0 Å². The lowest BCUT2D eigenvalue weighted by atomic mass is 9.54. The van der Waals surface area contributed by atoms with Crippen molar-refractivity contribution in [1.82, 2.24) is 0 Å². The predicted molar refractivity (Wildman–Crippen MR) is 78.9 cm³/mol.